The summed E-state index contributed by atoms with van der Waals surface area (Å²) in [6.07, 6.45) is 3.37. The van der Waals surface area contributed by atoms with Crippen molar-refractivity contribution in [1.29, 1.82) is 0 Å². The van der Waals surface area contributed by atoms with Crippen LogP contribution in [-0.2, 0) is 11.3 Å². The molecule has 120 valence electrons. The number of nitrogens with zero attached hydrogens (tertiary/aromatic N) is 2. The molecule has 0 saturated carbocycles. The van der Waals surface area contributed by atoms with Crippen LogP contribution in [0.25, 0.3) is 0 Å². The van der Waals surface area contributed by atoms with Crippen LogP contribution in [0.1, 0.15) is 21.5 Å². The lowest BCUT2D eigenvalue weighted by atomic mass is 10.1. The van der Waals surface area contributed by atoms with Crippen LogP contribution < -0.4 is 5.32 Å². The van der Waals surface area contributed by atoms with Crippen molar-refractivity contribution in [3.05, 3.63) is 59.4 Å². The Balaban J connectivity index is 1.67. The van der Waals surface area contributed by atoms with E-state index in [9.17, 15) is 4.79 Å². The Labute approximate surface area is 136 Å². The summed E-state index contributed by atoms with van der Waals surface area (Å²) in [5, 5.41) is 3.34. The molecule has 1 aliphatic heterocycles. The van der Waals surface area contributed by atoms with E-state index < -0.39 is 0 Å². The molecule has 1 fully saturated rings. The number of aromatic nitrogens is 1. The number of benzene rings is 1. The zero-order valence-electron chi connectivity index (χ0n) is 13.3. The van der Waals surface area contributed by atoms with Crippen molar-refractivity contribution in [2.24, 2.45) is 0 Å². The molecule has 2 aromatic rings. The smallest absolute Gasteiger partial charge is 0.255 e. The number of amides is 1. The zero-order valence-corrected chi connectivity index (χ0v) is 13.3. The third-order valence-corrected chi connectivity index (χ3v) is 4.03. The minimum absolute atomic E-state index is 0.0142. The van der Waals surface area contributed by atoms with E-state index in [2.05, 4.69) is 29.4 Å². The summed E-state index contributed by atoms with van der Waals surface area (Å²) < 4.78 is 5.29. The maximum atomic E-state index is 12.5. The molecule has 0 bridgehead atoms. The van der Waals surface area contributed by atoms with Crippen molar-refractivity contribution in [2.75, 3.05) is 31.6 Å². The summed E-state index contributed by atoms with van der Waals surface area (Å²) in [4.78, 5) is 18.5. The van der Waals surface area contributed by atoms with E-state index in [4.69, 9.17) is 4.74 Å². The highest BCUT2D eigenvalue weighted by Gasteiger charge is 2.18. The molecule has 1 aromatic carbocycles. The fourth-order valence-corrected chi connectivity index (χ4v) is 2.61. The predicted octanol–water partition coefficient (Wildman–Crippen LogP) is 2.47. The maximum Gasteiger partial charge on any atom is 0.255 e. The molecule has 1 N–H and O–H groups in total. The Morgan fingerprint density at radius 2 is 2.04 bits per heavy atom. The molecule has 2 heterocycles. The lowest BCUT2D eigenvalue weighted by molar-refractivity contribution is 0.0302. The monoisotopic (exact) mass is 311 g/mol. The number of rotatable bonds is 4. The average Bonchev–Trinajstić information content (AvgIpc) is 2.61. The number of hydrogen-bond donors (Lipinski definition) is 1. The van der Waals surface area contributed by atoms with E-state index in [1.807, 2.05) is 23.1 Å². The first-order valence-corrected chi connectivity index (χ1v) is 7.84. The molecule has 0 aliphatic carbocycles. The van der Waals surface area contributed by atoms with Gasteiger partial charge < -0.3 is 15.0 Å². The highest BCUT2D eigenvalue weighted by Crippen LogP contribution is 2.14. The molecule has 0 spiro atoms. The Morgan fingerprint density at radius 1 is 1.26 bits per heavy atom. The summed E-state index contributed by atoms with van der Waals surface area (Å²) in [7, 11) is 0. The van der Waals surface area contributed by atoms with Crippen LogP contribution >= 0.6 is 0 Å². The largest absolute Gasteiger partial charge is 0.380 e. The molecule has 1 saturated heterocycles. The van der Waals surface area contributed by atoms with Gasteiger partial charge in [0.2, 0.25) is 0 Å². The maximum absolute atomic E-state index is 12.5. The molecular formula is C18H21N3O2. The number of carbonyl (C=O) groups excluding carboxylic acids is 1. The summed E-state index contributed by atoms with van der Waals surface area (Å²) >= 11 is 0. The zero-order chi connectivity index (χ0) is 16.1. The standard InChI is InChI=1S/C18H21N3O2/c1-14-4-2-3-5-15(14)12-20-17-10-16(11-19-13-17)18(22)21-6-8-23-9-7-21/h2-5,10-11,13,20H,6-9,12H2,1H3. The number of aryl methyl sites for hydroxylation is 1. The van der Waals surface area contributed by atoms with Gasteiger partial charge in [0.15, 0.2) is 0 Å². The Bertz CT molecular complexity index is 681. The van der Waals surface area contributed by atoms with Gasteiger partial charge in [0, 0.05) is 32.0 Å². The molecular weight excluding hydrogens is 290 g/mol. The quantitative estimate of drug-likeness (QED) is 0.942. The number of ether oxygens (including phenoxy) is 1. The second-order valence-corrected chi connectivity index (χ2v) is 5.65. The minimum atomic E-state index is 0.0142. The fraction of sp³-hybridized carbons (Fsp3) is 0.333. The SMILES string of the molecule is Cc1ccccc1CNc1cncc(C(=O)N2CCOCC2)c1. The van der Waals surface area contributed by atoms with Crippen molar-refractivity contribution >= 4 is 11.6 Å². The first kappa shape index (κ1) is 15.5. The van der Waals surface area contributed by atoms with E-state index in [1.54, 1.807) is 12.4 Å². The van der Waals surface area contributed by atoms with Gasteiger partial charge in [-0.25, -0.2) is 0 Å². The van der Waals surface area contributed by atoms with Crippen molar-refractivity contribution in [3.63, 3.8) is 0 Å². The second kappa shape index (κ2) is 7.24. The molecule has 1 aromatic heterocycles. The number of anilines is 1. The van der Waals surface area contributed by atoms with Crippen molar-refractivity contribution in [2.45, 2.75) is 13.5 Å². The molecule has 0 unspecified atom stereocenters. The number of morpholine rings is 1. The van der Waals surface area contributed by atoms with Crippen LogP contribution in [0, 0.1) is 6.92 Å². The van der Waals surface area contributed by atoms with Crippen LogP contribution in [0.3, 0.4) is 0 Å². The summed E-state index contributed by atoms with van der Waals surface area (Å²) in [5.41, 5.74) is 3.94. The fourth-order valence-electron chi connectivity index (χ4n) is 2.61. The topological polar surface area (TPSA) is 54.5 Å². The third kappa shape index (κ3) is 3.87. The number of nitrogens with one attached hydrogen (secondary N) is 1. The van der Waals surface area contributed by atoms with Gasteiger partial charge in [0.05, 0.1) is 24.5 Å². The molecule has 1 aliphatic rings. The molecule has 1 amide bonds. The van der Waals surface area contributed by atoms with Gasteiger partial charge in [-0.15, -0.1) is 0 Å². The van der Waals surface area contributed by atoms with Gasteiger partial charge in [-0.1, -0.05) is 24.3 Å². The van der Waals surface area contributed by atoms with Crippen LogP contribution in [0.4, 0.5) is 5.69 Å². The normalized spacial score (nSPS) is 14.6. The van der Waals surface area contributed by atoms with E-state index in [0.717, 1.165) is 5.69 Å². The van der Waals surface area contributed by atoms with Gasteiger partial charge in [0.1, 0.15) is 0 Å². The Kier molecular flexibility index (Phi) is 4.88. The number of hydrogen-bond acceptors (Lipinski definition) is 4. The van der Waals surface area contributed by atoms with E-state index in [-0.39, 0.29) is 5.91 Å². The third-order valence-electron chi connectivity index (χ3n) is 4.03. The highest BCUT2D eigenvalue weighted by atomic mass is 16.5. The van der Waals surface area contributed by atoms with Crippen molar-refractivity contribution in [3.8, 4) is 0 Å². The van der Waals surface area contributed by atoms with Gasteiger partial charge in [-0.05, 0) is 24.1 Å². The molecule has 0 radical (unpaired) electrons. The number of carbonyl (C=O) groups is 1. The number of pyridine rings is 1. The van der Waals surface area contributed by atoms with Crippen molar-refractivity contribution in [1.82, 2.24) is 9.88 Å². The molecule has 5 heteroatoms. The van der Waals surface area contributed by atoms with Gasteiger partial charge in [-0.2, -0.15) is 0 Å². The predicted molar refractivity (Wildman–Crippen MR) is 89.5 cm³/mol. The van der Waals surface area contributed by atoms with Gasteiger partial charge in [0.25, 0.3) is 5.91 Å². The average molecular weight is 311 g/mol. The highest BCUT2D eigenvalue weighted by molar-refractivity contribution is 5.94. The van der Waals surface area contributed by atoms with E-state index in [1.165, 1.54) is 11.1 Å². The lowest BCUT2D eigenvalue weighted by Gasteiger charge is -2.26. The first-order valence-electron chi connectivity index (χ1n) is 7.84. The summed E-state index contributed by atoms with van der Waals surface area (Å²) in [6, 6.07) is 10.1. The summed E-state index contributed by atoms with van der Waals surface area (Å²) in [5.74, 6) is 0.0142. The molecule has 23 heavy (non-hydrogen) atoms. The lowest BCUT2D eigenvalue weighted by Crippen LogP contribution is -2.40. The van der Waals surface area contributed by atoms with E-state index in [0.29, 0.717) is 38.4 Å². The van der Waals surface area contributed by atoms with Gasteiger partial charge >= 0.3 is 0 Å². The van der Waals surface area contributed by atoms with Crippen LogP contribution in [0.5, 0.6) is 0 Å². The van der Waals surface area contributed by atoms with Crippen LogP contribution in [0.15, 0.2) is 42.7 Å². The first-order chi connectivity index (χ1) is 11.2. The Hall–Kier alpha value is -2.40. The molecule has 3 rings (SSSR count). The van der Waals surface area contributed by atoms with Gasteiger partial charge in [-0.3, -0.25) is 9.78 Å². The minimum Gasteiger partial charge on any atom is -0.380 e. The Morgan fingerprint density at radius 3 is 2.83 bits per heavy atom. The molecule has 0 atom stereocenters. The second-order valence-electron chi connectivity index (χ2n) is 5.65. The van der Waals surface area contributed by atoms with E-state index >= 15 is 0 Å². The summed E-state index contributed by atoms with van der Waals surface area (Å²) in [6.45, 7) is 5.28. The van der Waals surface area contributed by atoms with Crippen molar-refractivity contribution < 1.29 is 9.53 Å². The van der Waals surface area contributed by atoms with Crippen LogP contribution in [-0.4, -0.2) is 42.1 Å². The molecule has 5 nitrogen and oxygen atoms in total. The van der Waals surface area contributed by atoms with Crippen LogP contribution in [0.2, 0.25) is 0 Å².